The molecule has 3 saturated heterocycles. The summed E-state index contributed by atoms with van der Waals surface area (Å²) in [6.45, 7) is 13.9. The largest absolute Gasteiger partial charge is 0.463 e. The molecule has 0 spiro atoms. The number of rotatable bonds is 9. The van der Waals surface area contributed by atoms with Crippen LogP contribution in [0.3, 0.4) is 0 Å². The first kappa shape index (κ1) is 37.6. The van der Waals surface area contributed by atoms with Gasteiger partial charge in [-0.15, -0.1) is 0 Å². The first-order chi connectivity index (χ1) is 23.8. The molecule has 3 heterocycles. The van der Waals surface area contributed by atoms with Gasteiger partial charge in [-0.05, 0) is 101 Å². The minimum atomic E-state index is -3.93. The number of ether oxygens (including phenoxy) is 3. The monoisotopic (exact) mass is 725 g/mol. The van der Waals surface area contributed by atoms with E-state index in [1.54, 1.807) is 37.3 Å². The second-order valence-electron chi connectivity index (χ2n) is 16.6. The van der Waals surface area contributed by atoms with Crippen molar-refractivity contribution < 1.29 is 31.8 Å². The van der Waals surface area contributed by atoms with Crippen molar-refractivity contribution in [3.63, 3.8) is 0 Å². The molecule has 8 nitrogen and oxygen atoms in total. The fourth-order valence-corrected chi connectivity index (χ4v) is 12.8. The zero-order chi connectivity index (χ0) is 35.7. The maximum Gasteiger partial charge on any atom is 0.332 e. The number of allylic oxidation sites excluding steroid dienone is 1. The number of esters is 1. The lowest BCUT2D eigenvalue weighted by molar-refractivity contribution is -0.187. The second-order valence-corrected chi connectivity index (χ2v) is 23.6. The number of benzene rings is 1. The Labute approximate surface area is 302 Å². The summed E-state index contributed by atoms with van der Waals surface area (Å²) in [5.41, 5.74) is 0.862. The van der Waals surface area contributed by atoms with Crippen molar-refractivity contribution in [3.8, 4) is 11.8 Å². The fourth-order valence-electron chi connectivity index (χ4n) is 9.01. The Morgan fingerprint density at radius 3 is 2.46 bits per heavy atom. The Kier molecular flexibility index (Phi) is 11.3. The first-order valence-corrected chi connectivity index (χ1v) is 23.6. The van der Waals surface area contributed by atoms with E-state index in [4.69, 9.17) is 18.6 Å². The van der Waals surface area contributed by atoms with Gasteiger partial charge in [-0.2, -0.15) is 0 Å². The predicted octanol–water partition coefficient (Wildman–Crippen LogP) is 7.79. The average Bonchev–Trinajstić information content (AvgIpc) is 3.72. The lowest BCUT2D eigenvalue weighted by Gasteiger charge is -2.41. The van der Waals surface area contributed by atoms with E-state index in [0.717, 1.165) is 57.1 Å². The van der Waals surface area contributed by atoms with Gasteiger partial charge in [0.15, 0.2) is 24.4 Å². The molecular formula is C40H59NO7SSi. The molecule has 7 atom stereocenters. The second kappa shape index (κ2) is 15.1. The molecule has 276 valence electrons. The van der Waals surface area contributed by atoms with Gasteiger partial charge in [0.1, 0.15) is 10.9 Å². The van der Waals surface area contributed by atoms with E-state index in [1.165, 1.54) is 6.42 Å². The smallest absolute Gasteiger partial charge is 0.332 e. The number of carbonyl (C=O) groups is 1. The third kappa shape index (κ3) is 7.24. The Balaban J connectivity index is 1.49. The van der Waals surface area contributed by atoms with Gasteiger partial charge in [0.05, 0.1) is 29.6 Å². The van der Waals surface area contributed by atoms with Gasteiger partial charge < -0.3 is 23.5 Å². The zero-order valence-electron chi connectivity index (χ0n) is 31.1. The topological polar surface area (TPSA) is 91.4 Å². The molecule has 2 saturated carbocycles. The van der Waals surface area contributed by atoms with Crippen molar-refractivity contribution in [2.24, 2.45) is 11.8 Å². The molecule has 0 amide bonds. The third-order valence-electron chi connectivity index (χ3n) is 12.5. The molecule has 6 rings (SSSR count). The predicted molar refractivity (Wildman–Crippen MR) is 197 cm³/mol. The Morgan fingerprint density at radius 1 is 1.08 bits per heavy atom. The lowest BCUT2D eigenvalue weighted by Crippen LogP contribution is -2.52. The number of nitrogens with zero attached hydrogens (tertiary/aromatic N) is 1. The van der Waals surface area contributed by atoms with Crippen LogP contribution in [0.15, 0.2) is 47.0 Å². The van der Waals surface area contributed by atoms with Crippen LogP contribution in [0.25, 0.3) is 0 Å². The number of hydrogen-bond donors (Lipinski definition) is 0. The van der Waals surface area contributed by atoms with E-state index in [9.17, 15) is 4.79 Å². The Bertz CT molecular complexity index is 1550. The molecule has 0 bridgehead atoms. The highest BCUT2D eigenvalue weighted by Crippen LogP contribution is 2.60. The molecule has 0 N–H and O–H groups in total. The number of sulfone groups is 1. The van der Waals surface area contributed by atoms with Crippen LogP contribution in [0.4, 0.5) is 0 Å². The Hall–Kier alpha value is -2.16. The number of fused-ring (bicyclic) bond motifs is 3. The molecule has 50 heavy (non-hydrogen) atoms. The summed E-state index contributed by atoms with van der Waals surface area (Å²) in [5.74, 6) is 6.65. The van der Waals surface area contributed by atoms with E-state index in [2.05, 4.69) is 50.6 Å². The lowest BCUT2D eigenvalue weighted by atomic mass is 9.84. The third-order valence-corrected chi connectivity index (χ3v) is 19.6. The normalized spacial score (nSPS) is 31.9. The molecular weight excluding hydrogens is 667 g/mol. The molecule has 2 aliphatic carbocycles. The van der Waals surface area contributed by atoms with Crippen molar-refractivity contribution in [2.45, 2.75) is 163 Å². The average molecular weight is 726 g/mol. The van der Waals surface area contributed by atoms with Crippen LogP contribution in [0, 0.1) is 23.7 Å². The molecule has 1 aromatic carbocycles. The summed E-state index contributed by atoms with van der Waals surface area (Å²) < 4.78 is 54.9. The highest BCUT2D eigenvalue weighted by molar-refractivity contribution is 7.93. The van der Waals surface area contributed by atoms with E-state index >= 15 is 8.42 Å². The molecule has 5 fully saturated rings. The van der Waals surface area contributed by atoms with E-state index in [-0.39, 0.29) is 42.0 Å². The highest BCUT2D eigenvalue weighted by atomic mass is 32.2. The number of hydrogen-bond acceptors (Lipinski definition) is 8. The molecule has 0 radical (unpaired) electrons. The SMILES string of the molecule is CCOC(=O)/C=C1\CC[C@H]2C[C@@]3(S(=O)(=O)c4ccccc4)[C@H](C[C@@H](O[Si](C)(C)C(C)(C)C)[C@@H]3C#C[C@@H](OC3CCCCO3)C3CCCCC3)N12. The minimum absolute atomic E-state index is 0.0154. The van der Waals surface area contributed by atoms with Crippen molar-refractivity contribution >= 4 is 24.1 Å². The minimum Gasteiger partial charge on any atom is -0.463 e. The quantitative estimate of drug-likeness (QED) is 0.110. The van der Waals surface area contributed by atoms with Crippen molar-refractivity contribution in [3.05, 3.63) is 42.1 Å². The summed E-state index contributed by atoms with van der Waals surface area (Å²) in [4.78, 5) is 15.4. The summed E-state index contributed by atoms with van der Waals surface area (Å²) in [6, 6.07) is 8.50. The van der Waals surface area contributed by atoms with Gasteiger partial charge >= 0.3 is 5.97 Å². The van der Waals surface area contributed by atoms with Gasteiger partial charge in [-0.25, -0.2) is 13.2 Å². The van der Waals surface area contributed by atoms with Crippen LogP contribution in [-0.2, 0) is 33.3 Å². The molecule has 1 unspecified atom stereocenters. The van der Waals surface area contributed by atoms with Crippen LogP contribution in [0.5, 0.6) is 0 Å². The van der Waals surface area contributed by atoms with Gasteiger partial charge in [0.2, 0.25) is 0 Å². The Morgan fingerprint density at radius 2 is 1.80 bits per heavy atom. The standard InChI is InChI=1S/C40H59NO7SSi/c1-7-45-37(42)26-30-21-22-31-28-40(49(43,44)32-18-12-9-13-19-32)33(35(27-36(40)41(30)31)48-50(5,6)39(2,3)4)23-24-34(29-16-10-8-11-17-29)47-38-20-14-15-25-46-38/h9,12-13,18-19,26,29,31,33-36,38H,7-8,10-11,14-17,20-22,25,27-28H2,1-6H3/b30-26+/t31-,33-,34+,35+,36-,38?,40-/m0/s1. The fraction of sp³-hybridized carbons (Fsp3) is 0.725. The summed E-state index contributed by atoms with van der Waals surface area (Å²) in [5, 5.41) is -0.0780. The van der Waals surface area contributed by atoms with Crippen molar-refractivity contribution in [2.75, 3.05) is 13.2 Å². The summed E-state index contributed by atoms with van der Waals surface area (Å²) >= 11 is 0. The number of carbonyl (C=O) groups excluding carboxylic acids is 1. The van der Waals surface area contributed by atoms with Crippen LogP contribution in [0.2, 0.25) is 18.1 Å². The van der Waals surface area contributed by atoms with Gasteiger partial charge in [0, 0.05) is 24.4 Å². The zero-order valence-corrected chi connectivity index (χ0v) is 32.9. The maximum absolute atomic E-state index is 15.4. The van der Waals surface area contributed by atoms with Crippen LogP contribution in [-0.4, -0.2) is 76.1 Å². The van der Waals surface area contributed by atoms with Crippen LogP contribution < -0.4 is 0 Å². The highest BCUT2D eigenvalue weighted by Gasteiger charge is 2.71. The van der Waals surface area contributed by atoms with Gasteiger partial charge in [-0.3, -0.25) is 0 Å². The molecule has 1 aromatic rings. The van der Waals surface area contributed by atoms with Crippen molar-refractivity contribution in [1.29, 1.82) is 0 Å². The van der Waals surface area contributed by atoms with Crippen LogP contribution >= 0.6 is 0 Å². The van der Waals surface area contributed by atoms with Crippen LogP contribution in [0.1, 0.15) is 105 Å². The maximum atomic E-state index is 15.4. The van der Waals surface area contributed by atoms with Gasteiger partial charge in [-0.1, -0.05) is 70.1 Å². The van der Waals surface area contributed by atoms with E-state index < -0.39 is 41.0 Å². The molecule has 10 heteroatoms. The van der Waals surface area contributed by atoms with Crippen molar-refractivity contribution in [1.82, 2.24) is 4.90 Å². The molecule has 3 aliphatic heterocycles. The summed E-state index contributed by atoms with van der Waals surface area (Å²) in [7, 11) is -6.30. The van der Waals surface area contributed by atoms with E-state index in [1.807, 2.05) is 6.07 Å². The van der Waals surface area contributed by atoms with E-state index in [0.29, 0.717) is 30.8 Å². The van der Waals surface area contributed by atoms with Gasteiger partial charge in [0.25, 0.3) is 0 Å². The summed E-state index contributed by atoms with van der Waals surface area (Å²) in [6.07, 6.45) is 11.6. The molecule has 5 aliphatic rings. The molecule has 0 aromatic heterocycles. The first-order valence-electron chi connectivity index (χ1n) is 19.2.